The number of rotatable bonds is 9. The van der Waals surface area contributed by atoms with Gasteiger partial charge >= 0.3 is 30.9 Å². The maximum atomic E-state index is 16.1. The van der Waals surface area contributed by atoms with Crippen LogP contribution in [0.3, 0.4) is 0 Å². The van der Waals surface area contributed by atoms with Gasteiger partial charge < -0.3 is 4.57 Å². The molecule has 0 spiro atoms. The van der Waals surface area contributed by atoms with E-state index in [0.717, 1.165) is 12.1 Å². The number of halogens is 15. The molecule has 0 N–H and O–H groups in total. The van der Waals surface area contributed by atoms with E-state index in [-0.39, 0.29) is 96.3 Å². The molecule has 3 heterocycles. The van der Waals surface area contributed by atoms with Crippen LogP contribution < -0.4 is 0 Å². The van der Waals surface area contributed by atoms with Gasteiger partial charge in [0.15, 0.2) is 11.6 Å². The fourth-order valence-corrected chi connectivity index (χ4v) is 10.4. The normalized spacial score (nSPS) is 12.5. The van der Waals surface area contributed by atoms with Crippen LogP contribution in [0.15, 0.2) is 218 Å². The van der Waals surface area contributed by atoms with Crippen LogP contribution in [0, 0.1) is 0 Å². The van der Waals surface area contributed by atoms with Crippen molar-refractivity contribution in [1.29, 1.82) is 0 Å². The van der Waals surface area contributed by atoms with E-state index in [0.29, 0.717) is 46.5 Å². The first-order valence-electron chi connectivity index (χ1n) is 26.2. The van der Waals surface area contributed by atoms with Crippen molar-refractivity contribution in [2.75, 3.05) is 0 Å². The van der Waals surface area contributed by atoms with E-state index in [1.54, 1.807) is 121 Å². The first kappa shape index (κ1) is 57.3. The second-order valence-corrected chi connectivity index (χ2v) is 20.2. The number of fused-ring (bicyclic) bond motifs is 3. The van der Waals surface area contributed by atoms with Gasteiger partial charge in [0.1, 0.15) is 0 Å². The van der Waals surface area contributed by atoms with E-state index in [1.165, 1.54) is 53.1 Å². The fourth-order valence-electron chi connectivity index (χ4n) is 10.4. The van der Waals surface area contributed by atoms with E-state index in [1.807, 2.05) is 0 Å². The average molecular weight is 1200 g/mol. The van der Waals surface area contributed by atoms with Crippen molar-refractivity contribution in [3.8, 4) is 95.7 Å². The van der Waals surface area contributed by atoms with E-state index >= 15 is 13.2 Å². The number of alkyl halides is 15. The Balaban J connectivity index is 1.29. The van der Waals surface area contributed by atoms with Crippen molar-refractivity contribution < 1.29 is 65.9 Å². The minimum atomic E-state index is -5.31. The van der Waals surface area contributed by atoms with Gasteiger partial charge in [-0.05, 0) is 95.1 Å². The first-order valence-corrected chi connectivity index (χ1v) is 26.2. The van der Waals surface area contributed by atoms with Crippen LogP contribution >= 0.6 is 0 Å². The molecule has 5 nitrogen and oxygen atoms in total. The monoisotopic (exact) mass is 1200 g/mol. The third-order valence-electron chi connectivity index (χ3n) is 14.5. The molecule has 9 aromatic carbocycles. The summed E-state index contributed by atoms with van der Waals surface area (Å²) in [6.45, 7) is 0. The number of hydrogen-bond donors (Lipinski definition) is 0. The summed E-state index contributed by atoms with van der Waals surface area (Å²) in [5.41, 5.74) is -9.33. The lowest BCUT2D eigenvalue weighted by Gasteiger charge is -2.22. The van der Waals surface area contributed by atoms with Crippen LogP contribution in [-0.2, 0) is 30.9 Å². The molecule has 0 saturated carbocycles. The van der Waals surface area contributed by atoms with Gasteiger partial charge in [-0.3, -0.25) is 0 Å². The Morgan fingerprint density at radius 2 is 0.529 bits per heavy atom. The molecule has 0 unspecified atom stereocenters. The molecule has 0 atom stereocenters. The summed E-state index contributed by atoms with van der Waals surface area (Å²) in [5, 5.41) is 0.242. The predicted molar refractivity (Wildman–Crippen MR) is 300 cm³/mol. The molecule has 434 valence electrons. The molecule has 0 fully saturated rings. The van der Waals surface area contributed by atoms with Crippen molar-refractivity contribution in [3.63, 3.8) is 0 Å². The quantitative estimate of drug-likeness (QED) is 0.135. The third kappa shape index (κ3) is 11.5. The highest BCUT2D eigenvalue weighted by Gasteiger charge is 2.40. The standard InChI is InChI=1S/C67H36F15N5/c68-63(69,70)45-25-43(26-46(31-45)64(71,72)73)41-21-23-50-51-24-22-42(44-27-47(65(74,75)76)32-48(28-44)66(77,78)79)30-59(51)87(58(50)29-41)60-52(56-35-54(37-13-5-1-6-14-37)83-61(85-56)39-17-9-3-10-18-39)33-49(67(80,81)82)34-53(60)57-36-55(38-15-7-2-8-16-38)84-62(86-57)40-19-11-4-12-20-40/h1-36H. The lowest BCUT2D eigenvalue weighted by atomic mass is 9.95. The number of nitrogens with zero attached hydrogens (tertiary/aromatic N) is 5. The molecule has 0 saturated heterocycles. The predicted octanol–water partition coefficient (Wildman–Crippen LogP) is 20.8. The number of aromatic nitrogens is 5. The van der Waals surface area contributed by atoms with Crippen LogP contribution in [-0.4, -0.2) is 24.5 Å². The van der Waals surface area contributed by atoms with Crippen molar-refractivity contribution in [1.82, 2.24) is 24.5 Å². The molecule has 0 radical (unpaired) electrons. The Morgan fingerprint density at radius 3 is 0.839 bits per heavy atom. The highest BCUT2D eigenvalue weighted by Crippen LogP contribution is 2.49. The SMILES string of the molecule is FC(F)(F)c1cc(-c2ccc3c4ccc(-c5cc(C(F)(F)F)cc(C(F)(F)F)c5)cc4n(-c4c(-c5cc(-c6ccccc6)nc(-c6ccccc6)n5)cc(C(F)(F)F)cc4-c4cc(-c5ccccc5)nc(-c5ccccc5)n4)c3c2)cc(C(F)(F)F)c1. The lowest BCUT2D eigenvalue weighted by molar-refractivity contribution is -0.144. The number of benzene rings is 9. The van der Waals surface area contributed by atoms with E-state index in [2.05, 4.69) is 0 Å². The molecule has 0 aliphatic heterocycles. The summed E-state index contributed by atoms with van der Waals surface area (Å²) in [7, 11) is 0. The molecule has 0 bridgehead atoms. The topological polar surface area (TPSA) is 56.5 Å². The van der Waals surface area contributed by atoms with Gasteiger partial charge in [0.05, 0.1) is 67.3 Å². The number of hydrogen-bond acceptors (Lipinski definition) is 4. The van der Waals surface area contributed by atoms with Gasteiger partial charge in [0.25, 0.3) is 0 Å². The zero-order valence-corrected chi connectivity index (χ0v) is 44.2. The maximum absolute atomic E-state index is 16.1. The lowest BCUT2D eigenvalue weighted by Crippen LogP contribution is -2.11. The molecule has 87 heavy (non-hydrogen) atoms. The van der Waals surface area contributed by atoms with Gasteiger partial charge in [0, 0.05) is 44.2 Å². The maximum Gasteiger partial charge on any atom is 0.416 e. The molecule has 3 aromatic heterocycles. The second-order valence-electron chi connectivity index (χ2n) is 20.2. The zero-order chi connectivity index (χ0) is 61.4. The highest BCUT2D eigenvalue weighted by molar-refractivity contribution is 6.12. The van der Waals surface area contributed by atoms with Crippen LogP contribution in [0.5, 0.6) is 0 Å². The first-order chi connectivity index (χ1) is 41.2. The Bertz CT molecular complexity index is 4130. The molecule has 12 aromatic rings. The second kappa shape index (κ2) is 21.4. The Morgan fingerprint density at radius 1 is 0.241 bits per heavy atom. The summed E-state index contributed by atoms with van der Waals surface area (Å²) in [5.74, 6) is -0.00286. The minimum Gasteiger partial charge on any atom is -0.308 e. The Hall–Kier alpha value is -10.1. The molecule has 12 rings (SSSR count). The summed E-state index contributed by atoms with van der Waals surface area (Å²) < 4.78 is 224. The smallest absolute Gasteiger partial charge is 0.308 e. The van der Waals surface area contributed by atoms with Gasteiger partial charge in [-0.15, -0.1) is 0 Å². The highest BCUT2D eigenvalue weighted by atomic mass is 19.4. The van der Waals surface area contributed by atoms with Crippen LogP contribution in [0.4, 0.5) is 65.9 Å². The van der Waals surface area contributed by atoms with E-state index in [9.17, 15) is 52.7 Å². The zero-order valence-electron chi connectivity index (χ0n) is 44.2. The van der Waals surface area contributed by atoms with Crippen molar-refractivity contribution in [2.24, 2.45) is 0 Å². The molecular weight excluding hydrogens is 1160 g/mol. The van der Waals surface area contributed by atoms with Gasteiger partial charge in [0.2, 0.25) is 0 Å². The van der Waals surface area contributed by atoms with Crippen LogP contribution in [0.25, 0.3) is 118 Å². The average Bonchev–Trinajstić information content (AvgIpc) is 1.67. The van der Waals surface area contributed by atoms with Crippen LogP contribution in [0.2, 0.25) is 0 Å². The fraction of sp³-hybridized carbons (Fsp3) is 0.0746. The largest absolute Gasteiger partial charge is 0.416 e. The molecule has 0 aliphatic carbocycles. The third-order valence-corrected chi connectivity index (χ3v) is 14.5. The van der Waals surface area contributed by atoms with Crippen LogP contribution in [0.1, 0.15) is 27.8 Å². The van der Waals surface area contributed by atoms with E-state index in [4.69, 9.17) is 19.9 Å². The molecule has 0 amide bonds. The van der Waals surface area contributed by atoms with Crippen molar-refractivity contribution >= 4 is 21.8 Å². The van der Waals surface area contributed by atoms with Gasteiger partial charge in [-0.1, -0.05) is 146 Å². The van der Waals surface area contributed by atoms with Crippen molar-refractivity contribution in [3.05, 3.63) is 246 Å². The minimum absolute atomic E-state index is 0.00143. The molecular formula is C67H36F15N5. The van der Waals surface area contributed by atoms with Crippen molar-refractivity contribution in [2.45, 2.75) is 30.9 Å². The Labute approximate surface area is 483 Å². The summed E-state index contributed by atoms with van der Waals surface area (Å²) in [4.78, 5) is 19.5. The summed E-state index contributed by atoms with van der Waals surface area (Å²) >= 11 is 0. The van der Waals surface area contributed by atoms with Gasteiger partial charge in [-0.25, -0.2) is 19.9 Å². The summed E-state index contributed by atoms with van der Waals surface area (Å²) in [6.07, 6.45) is -26.4. The van der Waals surface area contributed by atoms with Gasteiger partial charge in [-0.2, -0.15) is 65.9 Å². The molecule has 0 aliphatic rings. The summed E-state index contributed by atoms with van der Waals surface area (Å²) in [6, 6.07) is 47.2. The van der Waals surface area contributed by atoms with E-state index < -0.39 is 69.8 Å². The molecule has 20 heteroatoms. The Kier molecular flexibility index (Phi) is 14.1.